The number of ether oxygens (including phenoxy) is 2. The van der Waals surface area contributed by atoms with Crippen molar-refractivity contribution in [1.29, 1.82) is 0 Å². The fraction of sp³-hybridized carbons (Fsp3) is 0.579. The standard InChI is InChI=1S/C19H27FN4O4S/c20-16-10-14(3-4-17(16)23-5-7-27-8-6-23)24-12-15(28-19(24)26)11-22-13-29-9-1-2-18(21)25/h3-4,10,15,22H,1-2,5-9,11-13H2,(H2,21,25)/t15-/m0/s1. The molecular formula is C19H27FN4O4S. The normalized spacial score (nSPS) is 19.5. The van der Waals surface area contributed by atoms with Crippen molar-refractivity contribution in [3.05, 3.63) is 24.0 Å². The lowest BCUT2D eigenvalue weighted by Gasteiger charge is -2.29. The van der Waals surface area contributed by atoms with Crippen molar-refractivity contribution in [1.82, 2.24) is 5.32 Å². The summed E-state index contributed by atoms with van der Waals surface area (Å²) in [5.74, 6) is 0.883. The van der Waals surface area contributed by atoms with Gasteiger partial charge in [0.15, 0.2) is 0 Å². The number of cyclic esters (lactones) is 1. The van der Waals surface area contributed by atoms with Crippen LogP contribution in [0.25, 0.3) is 0 Å². The SMILES string of the molecule is NC(=O)CCCSCNC[C@H]1CN(c2ccc(N3CCOCC3)c(F)c2)C(=O)O1. The number of amides is 2. The second-order valence-corrected chi connectivity index (χ2v) is 8.03. The highest BCUT2D eigenvalue weighted by Crippen LogP contribution is 2.28. The van der Waals surface area contributed by atoms with Gasteiger partial charge in [-0.05, 0) is 30.4 Å². The molecule has 2 aliphatic heterocycles. The van der Waals surface area contributed by atoms with Gasteiger partial charge in [0.25, 0.3) is 0 Å². The molecule has 160 valence electrons. The second kappa shape index (κ2) is 10.7. The summed E-state index contributed by atoms with van der Waals surface area (Å²) in [6.45, 7) is 3.34. The number of carbonyl (C=O) groups is 2. The number of nitrogens with one attached hydrogen (secondary N) is 1. The maximum Gasteiger partial charge on any atom is 0.414 e. The van der Waals surface area contributed by atoms with E-state index in [1.165, 1.54) is 11.0 Å². The minimum Gasteiger partial charge on any atom is -0.443 e. The van der Waals surface area contributed by atoms with Crippen LogP contribution in [0.5, 0.6) is 0 Å². The lowest BCUT2D eigenvalue weighted by Crippen LogP contribution is -2.36. The molecule has 3 N–H and O–H groups in total. The molecule has 0 unspecified atom stereocenters. The van der Waals surface area contributed by atoms with Crippen LogP contribution in [0.15, 0.2) is 18.2 Å². The van der Waals surface area contributed by atoms with Gasteiger partial charge in [0.05, 0.1) is 31.1 Å². The van der Waals surface area contributed by atoms with Gasteiger partial charge < -0.3 is 25.4 Å². The largest absolute Gasteiger partial charge is 0.443 e. The molecule has 0 aromatic heterocycles. The second-order valence-electron chi connectivity index (χ2n) is 6.93. The Morgan fingerprint density at radius 1 is 1.34 bits per heavy atom. The molecule has 3 rings (SSSR count). The Labute approximate surface area is 173 Å². The summed E-state index contributed by atoms with van der Waals surface area (Å²) < 4.78 is 25.3. The van der Waals surface area contributed by atoms with E-state index in [1.807, 2.05) is 4.90 Å². The number of nitrogens with two attached hydrogens (primary N) is 1. The van der Waals surface area contributed by atoms with Crippen LogP contribution in [0.4, 0.5) is 20.6 Å². The molecule has 0 bridgehead atoms. The zero-order valence-corrected chi connectivity index (χ0v) is 17.1. The number of nitrogens with zero attached hydrogens (tertiary/aromatic N) is 2. The third kappa shape index (κ3) is 6.22. The Hall–Kier alpha value is -2.04. The Morgan fingerprint density at radius 3 is 2.86 bits per heavy atom. The summed E-state index contributed by atoms with van der Waals surface area (Å²) in [5.41, 5.74) is 6.12. The number of anilines is 2. The van der Waals surface area contributed by atoms with Crippen LogP contribution in [-0.4, -0.2) is 69.1 Å². The van der Waals surface area contributed by atoms with E-state index in [9.17, 15) is 14.0 Å². The van der Waals surface area contributed by atoms with Gasteiger partial charge in [0.1, 0.15) is 11.9 Å². The molecule has 2 fully saturated rings. The van der Waals surface area contributed by atoms with Crippen LogP contribution in [0, 0.1) is 5.82 Å². The number of halogens is 1. The first-order chi connectivity index (χ1) is 14.0. The average Bonchev–Trinajstić information content (AvgIpc) is 3.08. The van der Waals surface area contributed by atoms with E-state index in [2.05, 4.69) is 5.32 Å². The minimum absolute atomic E-state index is 0.286. The molecule has 0 spiro atoms. The molecule has 1 aromatic rings. The molecular weight excluding hydrogens is 399 g/mol. The first-order valence-corrected chi connectivity index (χ1v) is 10.9. The zero-order chi connectivity index (χ0) is 20.6. The topological polar surface area (TPSA) is 97.1 Å². The Bertz CT molecular complexity index is 717. The fourth-order valence-corrected chi connectivity index (χ4v) is 4.03. The van der Waals surface area contributed by atoms with Gasteiger partial charge in [-0.25, -0.2) is 9.18 Å². The monoisotopic (exact) mass is 426 g/mol. The van der Waals surface area contributed by atoms with Crippen molar-refractivity contribution in [3.8, 4) is 0 Å². The van der Waals surface area contributed by atoms with Gasteiger partial charge in [-0.2, -0.15) is 0 Å². The molecule has 2 saturated heterocycles. The third-order valence-corrected chi connectivity index (χ3v) is 5.74. The number of hydrogen-bond acceptors (Lipinski definition) is 7. The van der Waals surface area contributed by atoms with Crippen molar-refractivity contribution < 1.29 is 23.5 Å². The van der Waals surface area contributed by atoms with Crippen LogP contribution in [0.3, 0.4) is 0 Å². The van der Waals surface area contributed by atoms with E-state index in [-0.39, 0.29) is 17.8 Å². The summed E-state index contributed by atoms with van der Waals surface area (Å²) in [6.07, 6.45) is 0.378. The highest BCUT2D eigenvalue weighted by atomic mass is 32.2. The van der Waals surface area contributed by atoms with Gasteiger partial charge in [0, 0.05) is 31.9 Å². The van der Waals surface area contributed by atoms with E-state index in [0.717, 1.165) is 12.2 Å². The predicted molar refractivity (Wildman–Crippen MR) is 111 cm³/mol. The van der Waals surface area contributed by atoms with Crippen molar-refractivity contribution >= 4 is 35.1 Å². The predicted octanol–water partition coefficient (Wildman–Crippen LogP) is 1.53. The van der Waals surface area contributed by atoms with E-state index in [0.29, 0.717) is 63.1 Å². The number of carbonyl (C=O) groups excluding carboxylic acids is 2. The number of morpholine rings is 1. The summed E-state index contributed by atoms with van der Waals surface area (Å²) in [6, 6.07) is 4.84. The van der Waals surface area contributed by atoms with E-state index in [1.54, 1.807) is 23.9 Å². The molecule has 2 amide bonds. The summed E-state index contributed by atoms with van der Waals surface area (Å²) in [5, 5.41) is 3.22. The molecule has 10 heteroatoms. The van der Waals surface area contributed by atoms with Crippen LogP contribution in [0.1, 0.15) is 12.8 Å². The number of hydrogen-bond donors (Lipinski definition) is 2. The molecule has 29 heavy (non-hydrogen) atoms. The van der Waals surface area contributed by atoms with Crippen LogP contribution in [-0.2, 0) is 14.3 Å². The maximum absolute atomic E-state index is 14.6. The van der Waals surface area contributed by atoms with Crippen LogP contribution >= 0.6 is 11.8 Å². The lowest BCUT2D eigenvalue weighted by atomic mass is 10.2. The Balaban J connectivity index is 1.45. The van der Waals surface area contributed by atoms with Crippen LogP contribution in [0.2, 0.25) is 0 Å². The van der Waals surface area contributed by atoms with Gasteiger partial charge in [0.2, 0.25) is 5.91 Å². The molecule has 0 radical (unpaired) electrons. The van der Waals surface area contributed by atoms with Crippen molar-refractivity contribution in [2.24, 2.45) is 5.73 Å². The maximum atomic E-state index is 14.6. The fourth-order valence-electron chi connectivity index (χ4n) is 3.28. The van der Waals surface area contributed by atoms with Crippen LogP contribution < -0.4 is 20.9 Å². The smallest absolute Gasteiger partial charge is 0.414 e. The average molecular weight is 427 g/mol. The van der Waals surface area contributed by atoms with E-state index >= 15 is 0 Å². The van der Waals surface area contributed by atoms with Crippen molar-refractivity contribution in [2.75, 3.05) is 60.8 Å². The number of rotatable bonds is 10. The molecule has 8 nitrogen and oxygen atoms in total. The Kier molecular flexibility index (Phi) is 7.96. The molecule has 0 aliphatic carbocycles. The molecule has 1 aromatic carbocycles. The number of primary amides is 1. The minimum atomic E-state index is -0.468. The number of benzene rings is 1. The molecule has 2 heterocycles. The third-order valence-electron chi connectivity index (χ3n) is 4.76. The summed E-state index contributed by atoms with van der Waals surface area (Å²) in [4.78, 5) is 26.3. The van der Waals surface area contributed by atoms with Gasteiger partial charge >= 0.3 is 6.09 Å². The summed E-state index contributed by atoms with van der Waals surface area (Å²) in [7, 11) is 0. The lowest BCUT2D eigenvalue weighted by molar-refractivity contribution is -0.118. The zero-order valence-electron chi connectivity index (χ0n) is 16.3. The van der Waals surface area contributed by atoms with E-state index < -0.39 is 6.09 Å². The van der Waals surface area contributed by atoms with Gasteiger partial charge in [-0.3, -0.25) is 9.69 Å². The molecule has 1 atom stereocenters. The highest BCUT2D eigenvalue weighted by molar-refractivity contribution is 7.99. The van der Waals surface area contributed by atoms with Crippen molar-refractivity contribution in [3.63, 3.8) is 0 Å². The molecule has 2 aliphatic rings. The quantitative estimate of drug-likeness (QED) is 0.433. The number of thioether (sulfide) groups is 1. The summed E-state index contributed by atoms with van der Waals surface area (Å²) >= 11 is 1.66. The van der Waals surface area contributed by atoms with Gasteiger partial charge in [-0.15, -0.1) is 11.8 Å². The first-order valence-electron chi connectivity index (χ1n) is 9.72. The highest BCUT2D eigenvalue weighted by Gasteiger charge is 2.32. The Morgan fingerprint density at radius 2 is 2.14 bits per heavy atom. The van der Waals surface area contributed by atoms with Crippen molar-refractivity contribution in [2.45, 2.75) is 18.9 Å². The van der Waals surface area contributed by atoms with Gasteiger partial charge in [-0.1, -0.05) is 0 Å². The molecule has 0 saturated carbocycles. The van der Waals surface area contributed by atoms with E-state index in [4.69, 9.17) is 15.2 Å². The first kappa shape index (κ1) is 21.7.